The lowest BCUT2D eigenvalue weighted by atomic mass is 10.2. The number of nitrogen functional groups attached to an aromatic ring is 1. The number of pyridine rings is 1. The van der Waals surface area contributed by atoms with Crippen LogP contribution in [0.5, 0.6) is 11.5 Å². The summed E-state index contributed by atoms with van der Waals surface area (Å²) in [6, 6.07) is 9.60. The minimum atomic E-state index is 0.763. The van der Waals surface area contributed by atoms with Gasteiger partial charge in [-0.15, -0.1) is 11.3 Å². The molecular formula is C21H23N3OS. The molecule has 4 nitrogen and oxygen atoms in total. The Morgan fingerprint density at radius 2 is 2.00 bits per heavy atom. The highest BCUT2D eigenvalue weighted by Crippen LogP contribution is 2.35. The van der Waals surface area contributed by atoms with Crippen molar-refractivity contribution in [2.75, 3.05) is 25.4 Å². The second kappa shape index (κ2) is 8.22. The highest BCUT2D eigenvalue weighted by Gasteiger charge is 2.09. The first-order valence-corrected chi connectivity index (χ1v) is 9.56. The molecule has 3 rings (SSSR count). The zero-order valence-corrected chi connectivity index (χ0v) is 16.2. The summed E-state index contributed by atoms with van der Waals surface area (Å²) in [6.07, 6.45) is 1.77. The second-order valence-corrected chi connectivity index (χ2v) is 7.07. The average molecular weight is 366 g/mol. The van der Waals surface area contributed by atoms with Gasteiger partial charge in [-0.3, -0.25) is 9.88 Å². The van der Waals surface area contributed by atoms with Crippen molar-refractivity contribution in [3.05, 3.63) is 47.0 Å². The van der Waals surface area contributed by atoms with E-state index in [2.05, 4.69) is 35.6 Å². The lowest BCUT2D eigenvalue weighted by molar-refractivity contribution is 0.342. The standard InChI is InChI=1S/C21H23N3OS/c1-4-24(5-2)12-6-7-17-14-19-21(26-17)20(10-11-23-19)25-16-8-9-18(22)15(3)13-16/h8-11,13-14H,4-5,12,22H2,1-3H3. The van der Waals surface area contributed by atoms with Crippen molar-refractivity contribution in [2.45, 2.75) is 20.8 Å². The number of rotatable bonds is 5. The summed E-state index contributed by atoms with van der Waals surface area (Å²) < 4.78 is 7.09. The molecule has 0 saturated carbocycles. The van der Waals surface area contributed by atoms with E-state index < -0.39 is 0 Å². The van der Waals surface area contributed by atoms with Gasteiger partial charge in [0.05, 0.1) is 21.6 Å². The number of hydrogen-bond donors (Lipinski definition) is 1. The second-order valence-electron chi connectivity index (χ2n) is 6.02. The van der Waals surface area contributed by atoms with Crippen molar-refractivity contribution in [1.29, 1.82) is 0 Å². The molecule has 2 N–H and O–H groups in total. The molecule has 5 heteroatoms. The Kier molecular flexibility index (Phi) is 5.77. The molecule has 0 aliphatic heterocycles. The zero-order chi connectivity index (χ0) is 18.5. The maximum absolute atomic E-state index is 6.08. The lowest BCUT2D eigenvalue weighted by Gasteiger charge is -2.12. The third kappa shape index (κ3) is 4.16. The van der Waals surface area contributed by atoms with Gasteiger partial charge in [-0.1, -0.05) is 25.7 Å². The van der Waals surface area contributed by atoms with Crippen molar-refractivity contribution < 1.29 is 4.74 Å². The monoisotopic (exact) mass is 365 g/mol. The maximum atomic E-state index is 6.08. The Balaban J connectivity index is 1.85. The molecule has 0 aliphatic rings. The number of benzene rings is 1. The summed E-state index contributed by atoms with van der Waals surface area (Å²) in [5.74, 6) is 8.07. The summed E-state index contributed by atoms with van der Waals surface area (Å²) in [4.78, 5) is 7.74. The molecular weight excluding hydrogens is 342 g/mol. The molecule has 2 aromatic heterocycles. The van der Waals surface area contributed by atoms with Crippen LogP contribution in [0.4, 0.5) is 5.69 Å². The Hall–Kier alpha value is -2.55. The van der Waals surface area contributed by atoms with Gasteiger partial charge >= 0.3 is 0 Å². The maximum Gasteiger partial charge on any atom is 0.148 e. The van der Waals surface area contributed by atoms with Crippen LogP contribution in [0, 0.1) is 18.8 Å². The molecule has 0 saturated heterocycles. The van der Waals surface area contributed by atoms with Crippen molar-refractivity contribution in [3.63, 3.8) is 0 Å². The Bertz CT molecular complexity index is 964. The van der Waals surface area contributed by atoms with Gasteiger partial charge in [0.25, 0.3) is 0 Å². The number of nitrogens with two attached hydrogens (primary N) is 1. The molecule has 2 heterocycles. The van der Waals surface area contributed by atoms with Crippen LogP contribution in [-0.2, 0) is 0 Å². The van der Waals surface area contributed by atoms with Crippen molar-refractivity contribution >= 4 is 27.2 Å². The van der Waals surface area contributed by atoms with Gasteiger partial charge in [0.15, 0.2) is 0 Å². The predicted octanol–water partition coefficient (Wildman–Crippen LogP) is 4.67. The number of aryl methyl sites for hydroxylation is 1. The van der Waals surface area contributed by atoms with E-state index in [1.807, 2.05) is 37.3 Å². The molecule has 1 aromatic carbocycles. The molecule has 26 heavy (non-hydrogen) atoms. The van der Waals surface area contributed by atoms with Crippen LogP contribution in [0.25, 0.3) is 10.2 Å². The predicted molar refractivity (Wildman–Crippen MR) is 110 cm³/mol. The number of fused-ring (bicyclic) bond motifs is 1. The van der Waals surface area contributed by atoms with Gasteiger partial charge in [0, 0.05) is 18.0 Å². The number of ether oxygens (including phenoxy) is 1. The molecule has 0 aliphatic carbocycles. The lowest BCUT2D eigenvalue weighted by Crippen LogP contribution is -2.22. The molecule has 134 valence electrons. The van der Waals surface area contributed by atoms with Crippen molar-refractivity contribution in [3.8, 4) is 23.3 Å². The van der Waals surface area contributed by atoms with E-state index >= 15 is 0 Å². The van der Waals surface area contributed by atoms with Crippen LogP contribution in [0.2, 0.25) is 0 Å². The van der Waals surface area contributed by atoms with Gasteiger partial charge < -0.3 is 10.5 Å². The van der Waals surface area contributed by atoms with Crippen molar-refractivity contribution in [1.82, 2.24) is 9.88 Å². The minimum Gasteiger partial charge on any atom is -0.456 e. The third-order valence-electron chi connectivity index (χ3n) is 4.25. The molecule has 0 amide bonds. The molecule has 0 atom stereocenters. The first-order valence-electron chi connectivity index (χ1n) is 8.74. The number of anilines is 1. The van der Waals surface area contributed by atoms with Crippen LogP contribution >= 0.6 is 11.3 Å². The van der Waals surface area contributed by atoms with E-state index in [4.69, 9.17) is 10.5 Å². The largest absolute Gasteiger partial charge is 0.456 e. The normalized spacial score (nSPS) is 10.8. The van der Waals surface area contributed by atoms with Crippen LogP contribution in [-0.4, -0.2) is 29.5 Å². The smallest absolute Gasteiger partial charge is 0.148 e. The number of thiophene rings is 1. The molecule has 3 aromatic rings. The Morgan fingerprint density at radius 3 is 2.73 bits per heavy atom. The molecule has 0 unspecified atom stereocenters. The van der Waals surface area contributed by atoms with Gasteiger partial charge in [-0.2, -0.15) is 0 Å². The van der Waals surface area contributed by atoms with E-state index in [1.165, 1.54) is 0 Å². The Morgan fingerprint density at radius 1 is 1.19 bits per heavy atom. The highest BCUT2D eigenvalue weighted by molar-refractivity contribution is 7.19. The quantitative estimate of drug-likeness (QED) is 0.527. The number of nitrogens with zero attached hydrogens (tertiary/aromatic N) is 2. The summed E-state index contributed by atoms with van der Waals surface area (Å²) >= 11 is 1.61. The van der Waals surface area contributed by atoms with E-state index in [9.17, 15) is 0 Å². The molecule has 0 radical (unpaired) electrons. The molecule has 0 fully saturated rings. The van der Waals surface area contributed by atoms with Crippen LogP contribution in [0.15, 0.2) is 36.5 Å². The zero-order valence-electron chi connectivity index (χ0n) is 15.4. The number of hydrogen-bond acceptors (Lipinski definition) is 5. The summed E-state index contributed by atoms with van der Waals surface area (Å²) in [5, 5.41) is 0. The average Bonchev–Trinajstić information content (AvgIpc) is 3.06. The fourth-order valence-corrected chi connectivity index (χ4v) is 3.52. The SMILES string of the molecule is CCN(CC)CC#Cc1cc2nccc(Oc3ccc(N)c(C)c3)c2s1. The summed E-state index contributed by atoms with van der Waals surface area (Å²) in [7, 11) is 0. The Labute approximate surface area is 158 Å². The van der Waals surface area contributed by atoms with Crippen LogP contribution < -0.4 is 10.5 Å². The molecule has 0 bridgehead atoms. The van der Waals surface area contributed by atoms with Gasteiger partial charge in [-0.25, -0.2) is 0 Å². The fourth-order valence-electron chi connectivity index (χ4n) is 2.58. The van der Waals surface area contributed by atoms with E-state index in [1.54, 1.807) is 17.5 Å². The van der Waals surface area contributed by atoms with Crippen LogP contribution in [0.3, 0.4) is 0 Å². The van der Waals surface area contributed by atoms with Crippen LogP contribution in [0.1, 0.15) is 24.3 Å². The topological polar surface area (TPSA) is 51.4 Å². The first-order chi connectivity index (χ1) is 12.6. The third-order valence-corrected chi connectivity index (χ3v) is 5.31. The number of aromatic nitrogens is 1. The minimum absolute atomic E-state index is 0.763. The van der Waals surface area contributed by atoms with Gasteiger partial charge in [0.2, 0.25) is 0 Å². The molecule has 0 spiro atoms. The summed E-state index contributed by atoms with van der Waals surface area (Å²) in [6.45, 7) is 9.08. The van der Waals surface area contributed by atoms with Gasteiger partial charge in [0.1, 0.15) is 11.5 Å². The highest BCUT2D eigenvalue weighted by atomic mass is 32.1. The first kappa shape index (κ1) is 18.2. The van der Waals surface area contributed by atoms with E-state index in [-0.39, 0.29) is 0 Å². The van der Waals surface area contributed by atoms with Crippen molar-refractivity contribution in [2.24, 2.45) is 0 Å². The fraction of sp³-hybridized carbons (Fsp3) is 0.286. The van der Waals surface area contributed by atoms with E-state index in [0.717, 1.165) is 57.5 Å². The summed E-state index contributed by atoms with van der Waals surface area (Å²) in [5.41, 5.74) is 8.56. The van der Waals surface area contributed by atoms with E-state index in [0.29, 0.717) is 0 Å². The van der Waals surface area contributed by atoms with Gasteiger partial charge in [-0.05, 0) is 49.8 Å².